The van der Waals surface area contributed by atoms with Crippen LogP contribution in [-0.4, -0.2) is 35.2 Å². The molecule has 0 saturated heterocycles. The van der Waals surface area contributed by atoms with Crippen LogP contribution in [0.15, 0.2) is 18.2 Å². The molecule has 0 fully saturated rings. The van der Waals surface area contributed by atoms with Crippen LogP contribution in [0.5, 0.6) is 5.75 Å². The van der Waals surface area contributed by atoms with E-state index in [0.29, 0.717) is 29.4 Å². The van der Waals surface area contributed by atoms with Crippen LogP contribution < -0.4 is 5.32 Å². The Labute approximate surface area is 121 Å². The molecule has 0 aliphatic heterocycles. The van der Waals surface area contributed by atoms with Crippen LogP contribution >= 0.6 is 11.6 Å². The quantitative estimate of drug-likeness (QED) is 0.755. The lowest BCUT2D eigenvalue weighted by Crippen LogP contribution is -2.41. The SMILES string of the molecule is CC(C)N(CCNCc1cc(Cl)ccc1O)C(C)C. The van der Waals surface area contributed by atoms with Gasteiger partial charge in [-0.2, -0.15) is 0 Å². The summed E-state index contributed by atoms with van der Waals surface area (Å²) in [6.07, 6.45) is 0. The van der Waals surface area contributed by atoms with Crippen molar-refractivity contribution in [1.82, 2.24) is 10.2 Å². The van der Waals surface area contributed by atoms with E-state index < -0.39 is 0 Å². The monoisotopic (exact) mass is 284 g/mol. The van der Waals surface area contributed by atoms with Crippen molar-refractivity contribution in [2.24, 2.45) is 0 Å². The summed E-state index contributed by atoms with van der Waals surface area (Å²) in [7, 11) is 0. The molecule has 1 aromatic carbocycles. The second kappa shape index (κ2) is 7.73. The third kappa shape index (κ3) is 5.39. The molecule has 1 aromatic rings. The highest BCUT2D eigenvalue weighted by molar-refractivity contribution is 6.30. The number of phenolic OH excluding ortho intramolecular Hbond substituents is 1. The topological polar surface area (TPSA) is 35.5 Å². The van der Waals surface area contributed by atoms with Crippen LogP contribution in [0, 0.1) is 0 Å². The fraction of sp³-hybridized carbons (Fsp3) is 0.600. The van der Waals surface area contributed by atoms with Crippen LogP contribution in [0.3, 0.4) is 0 Å². The second-order valence-corrected chi connectivity index (χ2v) is 5.81. The molecular weight excluding hydrogens is 260 g/mol. The summed E-state index contributed by atoms with van der Waals surface area (Å²) in [5.74, 6) is 0.293. The Morgan fingerprint density at radius 1 is 1.21 bits per heavy atom. The van der Waals surface area contributed by atoms with Crippen molar-refractivity contribution in [3.63, 3.8) is 0 Å². The molecule has 0 radical (unpaired) electrons. The van der Waals surface area contributed by atoms with Gasteiger partial charge in [0.05, 0.1) is 0 Å². The average Bonchev–Trinajstić information content (AvgIpc) is 2.32. The smallest absolute Gasteiger partial charge is 0.120 e. The molecule has 0 aliphatic carbocycles. The summed E-state index contributed by atoms with van der Waals surface area (Å²) in [6, 6.07) is 6.21. The van der Waals surface area contributed by atoms with Gasteiger partial charge in [-0.25, -0.2) is 0 Å². The Balaban J connectivity index is 2.40. The molecule has 3 nitrogen and oxygen atoms in total. The van der Waals surface area contributed by atoms with E-state index in [9.17, 15) is 5.11 Å². The van der Waals surface area contributed by atoms with Gasteiger partial charge in [-0.3, -0.25) is 4.90 Å². The molecule has 0 unspecified atom stereocenters. The van der Waals surface area contributed by atoms with Crippen molar-refractivity contribution in [2.45, 2.75) is 46.3 Å². The highest BCUT2D eigenvalue weighted by Gasteiger charge is 2.12. The highest BCUT2D eigenvalue weighted by Crippen LogP contribution is 2.21. The van der Waals surface area contributed by atoms with E-state index >= 15 is 0 Å². The fourth-order valence-electron chi connectivity index (χ4n) is 2.24. The van der Waals surface area contributed by atoms with Crippen LogP contribution in [0.25, 0.3) is 0 Å². The van der Waals surface area contributed by atoms with E-state index in [1.165, 1.54) is 0 Å². The van der Waals surface area contributed by atoms with E-state index in [2.05, 4.69) is 37.9 Å². The molecule has 0 bridgehead atoms. The molecule has 4 heteroatoms. The van der Waals surface area contributed by atoms with Crippen LogP contribution in [0.1, 0.15) is 33.3 Å². The number of benzene rings is 1. The largest absolute Gasteiger partial charge is 0.508 e. The molecule has 2 N–H and O–H groups in total. The number of hydrogen-bond acceptors (Lipinski definition) is 3. The number of nitrogens with zero attached hydrogens (tertiary/aromatic N) is 1. The van der Waals surface area contributed by atoms with Crippen LogP contribution in [0.4, 0.5) is 0 Å². The fourth-order valence-corrected chi connectivity index (χ4v) is 2.43. The van der Waals surface area contributed by atoms with Gasteiger partial charge in [-0.15, -0.1) is 0 Å². The lowest BCUT2D eigenvalue weighted by Gasteiger charge is -2.30. The first-order valence-electron chi connectivity index (χ1n) is 6.85. The van der Waals surface area contributed by atoms with Gasteiger partial charge in [0.1, 0.15) is 5.75 Å². The van der Waals surface area contributed by atoms with Crippen LogP contribution in [0.2, 0.25) is 5.02 Å². The summed E-state index contributed by atoms with van der Waals surface area (Å²) in [6.45, 7) is 11.4. The van der Waals surface area contributed by atoms with Crippen molar-refractivity contribution >= 4 is 11.6 Å². The zero-order valence-electron chi connectivity index (χ0n) is 12.3. The van der Waals surface area contributed by atoms with Crippen molar-refractivity contribution in [1.29, 1.82) is 0 Å². The van der Waals surface area contributed by atoms with Gasteiger partial charge in [0, 0.05) is 42.3 Å². The van der Waals surface area contributed by atoms with Gasteiger partial charge in [0.2, 0.25) is 0 Å². The van der Waals surface area contributed by atoms with Crippen molar-refractivity contribution in [2.75, 3.05) is 13.1 Å². The summed E-state index contributed by atoms with van der Waals surface area (Å²) < 4.78 is 0. The number of aromatic hydroxyl groups is 1. The molecule has 0 saturated carbocycles. The predicted octanol–water partition coefficient (Wildman–Crippen LogP) is 3.25. The van der Waals surface area contributed by atoms with Crippen molar-refractivity contribution < 1.29 is 5.11 Å². The molecule has 0 heterocycles. The van der Waals surface area contributed by atoms with E-state index in [4.69, 9.17) is 11.6 Å². The van der Waals surface area contributed by atoms with Gasteiger partial charge in [-0.05, 0) is 45.9 Å². The van der Waals surface area contributed by atoms with E-state index in [1.54, 1.807) is 18.2 Å². The number of halogens is 1. The van der Waals surface area contributed by atoms with Gasteiger partial charge < -0.3 is 10.4 Å². The van der Waals surface area contributed by atoms with E-state index in [0.717, 1.165) is 18.7 Å². The van der Waals surface area contributed by atoms with E-state index in [1.807, 2.05) is 0 Å². The molecule has 108 valence electrons. The minimum Gasteiger partial charge on any atom is -0.508 e. The first-order chi connectivity index (χ1) is 8.91. The maximum atomic E-state index is 9.71. The minimum atomic E-state index is 0.293. The Bertz CT molecular complexity index is 386. The van der Waals surface area contributed by atoms with Gasteiger partial charge in [0.25, 0.3) is 0 Å². The molecule has 0 aromatic heterocycles. The Kier molecular flexibility index (Phi) is 6.63. The number of hydrogen-bond donors (Lipinski definition) is 2. The molecule has 0 amide bonds. The number of phenols is 1. The summed E-state index contributed by atoms with van der Waals surface area (Å²) in [5.41, 5.74) is 0.841. The molecule has 0 atom stereocenters. The standard InChI is InChI=1S/C15H25ClN2O/c1-11(2)18(12(3)4)8-7-17-10-13-9-14(16)5-6-15(13)19/h5-6,9,11-12,17,19H,7-8,10H2,1-4H3. The first kappa shape index (κ1) is 16.3. The normalized spacial score (nSPS) is 11.8. The zero-order chi connectivity index (χ0) is 14.4. The first-order valence-corrected chi connectivity index (χ1v) is 7.23. The lowest BCUT2D eigenvalue weighted by atomic mass is 10.2. The van der Waals surface area contributed by atoms with Gasteiger partial charge >= 0.3 is 0 Å². The van der Waals surface area contributed by atoms with Crippen molar-refractivity contribution in [3.05, 3.63) is 28.8 Å². The second-order valence-electron chi connectivity index (χ2n) is 5.38. The van der Waals surface area contributed by atoms with Gasteiger partial charge in [0.15, 0.2) is 0 Å². The number of nitrogens with one attached hydrogen (secondary N) is 1. The molecule has 0 spiro atoms. The maximum Gasteiger partial charge on any atom is 0.120 e. The van der Waals surface area contributed by atoms with E-state index in [-0.39, 0.29) is 0 Å². The van der Waals surface area contributed by atoms with Crippen LogP contribution in [-0.2, 0) is 6.54 Å². The number of rotatable bonds is 7. The maximum absolute atomic E-state index is 9.71. The highest BCUT2D eigenvalue weighted by atomic mass is 35.5. The Morgan fingerprint density at radius 3 is 2.42 bits per heavy atom. The molecule has 19 heavy (non-hydrogen) atoms. The molecule has 1 rings (SSSR count). The third-order valence-electron chi connectivity index (χ3n) is 3.23. The summed E-state index contributed by atoms with van der Waals surface area (Å²) >= 11 is 5.92. The third-order valence-corrected chi connectivity index (χ3v) is 3.47. The van der Waals surface area contributed by atoms with Crippen molar-refractivity contribution in [3.8, 4) is 5.75 Å². The molecule has 0 aliphatic rings. The minimum absolute atomic E-state index is 0.293. The lowest BCUT2D eigenvalue weighted by molar-refractivity contribution is 0.175. The van der Waals surface area contributed by atoms with Gasteiger partial charge in [-0.1, -0.05) is 11.6 Å². The predicted molar refractivity (Wildman–Crippen MR) is 81.8 cm³/mol. The zero-order valence-corrected chi connectivity index (χ0v) is 13.0. The molecular formula is C15H25ClN2O. The average molecular weight is 285 g/mol. The Hall–Kier alpha value is -0.770. The summed E-state index contributed by atoms with van der Waals surface area (Å²) in [4.78, 5) is 2.44. The Morgan fingerprint density at radius 2 is 1.84 bits per heavy atom. The summed E-state index contributed by atoms with van der Waals surface area (Å²) in [5, 5.41) is 13.7.